The molecule has 0 saturated heterocycles. The van der Waals surface area contributed by atoms with E-state index in [4.69, 9.17) is 0 Å². The molecule has 3 rings (SSSR count). The van der Waals surface area contributed by atoms with Gasteiger partial charge in [-0.3, -0.25) is 4.98 Å². The number of hydrogen-bond acceptors (Lipinski definition) is 3. The number of nitrogens with zero attached hydrogens (tertiary/aromatic N) is 2. The predicted molar refractivity (Wildman–Crippen MR) is 79.2 cm³/mol. The lowest BCUT2D eigenvalue weighted by atomic mass is 9.83. The van der Waals surface area contributed by atoms with E-state index < -0.39 is 0 Å². The van der Waals surface area contributed by atoms with Crippen LogP contribution in [0.3, 0.4) is 0 Å². The Morgan fingerprint density at radius 3 is 2.63 bits per heavy atom. The van der Waals surface area contributed by atoms with Crippen LogP contribution in [0.15, 0.2) is 30.5 Å². The van der Waals surface area contributed by atoms with Gasteiger partial charge in [-0.05, 0) is 36.8 Å². The molecule has 100 valence electrons. The summed E-state index contributed by atoms with van der Waals surface area (Å²) in [6.45, 7) is 3.33. The van der Waals surface area contributed by atoms with Gasteiger partial charge < -0.3 is 5.32 Å². The predicted octanol–water partition coefficient (Wildman–Crippen LogP) is 4.01. The molecule has 0 bridgehead atoms. The van der Waals surface area contributed by atoms with Crippen molar-refractivity contribution in [1.29, 1.82) is 0 Å². The molecular formula is C16H21N3. The van der Waals surface area contributed by atoms with Crippen LogP contribution in [0.25, 0.3) is 11.0 Å². The first kappa shape index (κ1) is 12.4. The van der Waals surface area contributed by atoms with E-state index in [2.05, 4.69) is 22.2 Å². The molecule has 3 nitrogen and oxygen atoms in total. The second-order valence-electron chi connectivity index (χ2n) is 5.66. The zero-order valence-corrected chi connectivity index (χ0v) is 11.5. The van der Waals surface area contributed by atoms with Crippen molar-refractivity contribution in [1.82, 2.24) is 9.97 Å². The summed E-state index contributed by atoms with van der Waals surface area (Å²) >= 11 is 0. The Bertz CT molecular complexity index is 559. The first-order chi connectivity index (χ1) is 9.31. The van der Waals surface area contributed by atoms with Crippen molar-refractivity contribution < 1.29 is 0 Å². The second kappa shape index (κ2) is 5.16. The Morgan fingerprint density at radius 1 is 1.16 bits per heavy atom. The van der Waals surface area contributed by atoms with Crippen LogP contribution in [0, 0.1) is 5.41 Å². The molecule has 0 atom stereocenters. The fraction of sp³-hybridized carbons (Fsp3) is 0.500. The van der Waals surface area contributed by atoms with Crippen molar-refractivity contribution >= 4 is 16.9 Å². The van der Waals surface area contributed by atoms with Gasteiger partial charge in [0.1, 0.15) is 5.82 Å². The number of hydrogen-bond donors (Lipinski definition) is 1. The lowest BCUT2D eigenvalue weighted by molar-refractivity contribution is 0.306. The van der Waals surface area contributed by atoms with Gasteiger partial charge >= 0.3 is 0 Å². The number of benzene rings is 1. The third-order valence-corrected chi connectivity index (χ3v) is 4.51. The van der Waals surface area contributed by atoms with Gasteiger partial charge in [0.05, 0.1) is 17.2 Å². The quantitative estimate of drug-likeness (QED) is 0.897. The van der Waals surface area contributed by atoms with Crippen LogP contribution in [-0.4, -0.2) is 16.5 Å². The van der Waals surface area contributed by atoms with Crippen LogP contribution < -0.4 is 5.32 Å². The van der Waals surface area contributed by atoms with E-state index in [0.29, 0.717) is 5.41 Å². The lowest BCUT2D eigenvalue weighted by Crippen LogP contribution is -2.26. The molecule has 1 aliphatic rings. The topological polar surface area (TPSA) is 37.8 Å². The van der Waals surface area contributed by atoms with Crippen LogP contribution in [0.2, 0.25) is 0 Å². The minimum absolute atomic E-state index is 0.479. The SMILES string of the molecule is CCC1(CNc2cnc3ccccc3n2)CCCC1. The molecule has 19 heavy (non-hydrogen) atoms. The number of aromatic nitrogens is 2. The maximum absolute atomic E-state index is 4.63. The summed E-state index contributed by atoms with van der Waals surface area (Å²) in [5.41, 5.74) is 2.40. The fourth-order valence-electron chi connectivity index (χ4n) is 3.10. The monoisotopic (exact) mass is 255 g/mol. The largest absolute Gasteiger partial charge is 0.368 e. The van der Waals surface area contributed by atoms with Crippen LogP contribution in [0.4, 0.5) is 5.82 Å². The Hall–Kier alpha value is -1.64. The molecule has 1 aromatic heterocycles. The van der Waals surface area contributed by atoms with E-state index >= 15 is 0 Å². The molecule has 0 spiro atoms. The lowest BCUT2D eigenvalue weighted by Gasteiger charge is -2.27. The molecule has 0 radical (unpaired) electrons. The van der Waals surface area contributed by atoms with Gasteiger partial charge in [-0.25, -0.2) is 4.98 Å². The number of nitrogens with one attached hydrogen (secondary N) is 1. The molecule has 2 aromatic rings. The molecule has 0 aliphatic heterocycles. The highest BCUT2D eigenvalue weighted by Crippen LogP contribution is 2.40. The molecule has 1 saturated carbocycles. The average Bonchev–Trinajstić information content (AvgIpc) is 2.94. The van der Waals surface area contributed by atoms with E-state index in [0.717, 1.165) is 23.4 Å². The minimum atomic E-state index is 0.479. The molecule has 1 fully saturated rings. The second-order valence-corrected chi connectivity index (χ2v) is 5.66. The summed E-state index contributed by atoms with van der Waals surface area (Å²) in [5.74, 6) is 0.901. The summed E-state index contributed by atoms with van der Waals surface area (Å²) in [6, 6.07) is 8.01. The summed E-state index contributed by atoms with van der Waals surface area (Å²) in [5, 5.41) is 3.50. The molecule has 1 heterocycles. The molecule has 0 amide bonds. The normalized spacial score (nSPS) is 17.7. The number of anilines is 1. The standard InChI is InChI=1S/C16H21N3/c1-2-16(9-5-6-10-16)12-18-15-11-17-13-7-3-4-8-14(13)19-15/h3-4,7-8,11H,2,5-6,9-10,12H2,1H3,(H,18,19). The van der Waals surface area contributed by atoms with Gasteiger partial charge in [0.15, 0.2) is 0 Å². The first-order valence-corrected chi connectivity index (χ1v) is 7.27. The van der Waals surface area contributed by atoms with Gasteiger partial charge in [0.2, 0.25) is 0 Å². The van der Waals surface area contributed by atoms with Crippen LogP contribution >= 0.6 is 0 Å². The highest BCUT2D eigenvalue weighted by molar-refractivity contribution is 5.75. The maximum Gasteiger partial charge on any atom is 0.145 e. The van der Waals surface area contributed by atoms with Gasteiger partial charge in [-0.2, -0.15) is 0 Å². The molecule has 3 heteroatoms. The van der Waals surface area contributed by atoms with Crippen LogP contribution in [0.1, 0.15) is 39.0 Å². The van der Waals surface area contributed by atoms with E-state index in [9.17, 15) is 0 Å². The Morgan fingerprint density at radius 2 is 1.89 bits per heavy atom. The smallest absolute Gasteiger partial charge is 0.145 e. The number of para-hydroxylation sites is 2. The zero-order valence-electron chi connectivity index (χ0n) is 11.5. The van der Waals surface area contributed by atoms with Crippen molar-refractivity contribution in [3.63, 3.8) is 0 Å². The summed E-state index contributed by atoms with van der Waals surface area (Å²) in [7, 11) is 0. The Labute approximate surface area is 114 Å². The Balaban J connectivity index is 1.74. The zero-order chi connectivity index (χ0) is 13.1. The third kappa shape index (κ3) is 2.55. The molecular weight excluding hydrogens is 234 g/mol. The van der Waals surface area contributed by atoms with Gasteiger partial charge in [-0.15, -0.1) is 0 Å². The Kier molecular flexibility index (Phi) is 3.36. The maximum atomic E-state index is 4.63. The van der Waals surface area contributed by atoms with E-state index in [-0.39, 0.29) is 0 Å². The number of fused-ring (bicyclic) bond motifs is 1. The van der Waals surface area contributed by atoms with Gasteiger partial charge in [0.25, 0.3) is 0 Å². The van der Waals surface area contributed by atoms with Crippen molar-refractivity contribution in [3.8, 4) is 0 Å². The van der Waals surface area contributed by atoms with Crippen molar-refractivity contribution in [2.75, 3.05) is 11.9 Å². The molecule has 0 unspecified atom stereocenters. The molecule has 1 N–H and O–H groups in total. The summed E-state index contributed by atoms with van der Waals surface area (Å²) in [6.07, 6.45) is 8.54. The summed E-state index contributed by atoms with van der Waals surface area (Å²) in [4.78, 5) is 9.08. The van der Waals surface area contributed by atoms with Crippen molar-refractivity contribution in [2.45, 2.75) is 39.0 Å². The van der Waals surface area contributed by atoms with Gasteiger partial charge in [0, 0.05) is 6.54 Å². The fourth-order valence-corrected chi connectivity index (χ4v) is 3.10. The van der Waals surface area contributed by atoms with E-state index in [1.54, 1.807) is 0 Å². The van der Waals surface area contributed by atoms with Crippen molar-refractivity contribution in [2.24, 2.45) is 5.41 Å². The summed E-state index contributed by atoms with van der Waals surface area (Å²) < 4.78 is 0. The number of rotatable bonds is 4. The molecule has 1 aliphatic carbocycles. The van der Waals surface area contributed by atoms with Crippen molar-refractivity contribution in [3.05, 3.63) is 30.5 Å². The third-order valence-electron chi connectivity index (χ3n) is 4.51. The van der Waals surface area contributed by atoms with Crippen LogP contribution in [-0.2, 0) is 0 Å². The van der Waals surface area contributed by atoms with E-state index in [1.165, 1.54) is 32.1 Å². The van der Waals surface area contributed by atoms with E-state index in [1.807, 2.05) is 30.5 Å². The minimum Gasteiger partial charge on any atom is -0.368 e. The highest BCUT2D eigenvalue weighted by Gasteiger charge is 2.31. The highest BCUT2D eigenvalue weighted by atomic mass is 15.0. The molecule has 1 aromatic carbocycles. The first-order valence-electron chi connectivity index (χ1n) is 7.27. The van der Waals surface area contributed by atoms with Gasteiger partial charge in [-0.1, -0.05) is 31.9 Å². The van der Waals surface area contributed by atoms with Crippen LogP contribution in [0.5, 0.6) is 0 Å². The average molecular weight is 255 g/mol.